The fraction of sp³-hybridized carbons (Fsp3) is 0.286. The first-order chi connectivity index (χ1) is 14.4. The zero-order valence-corrected chi connectivity index (χ0v) is 18.0. The summed E-state index contributed by atoms with van der Waals surface area (Å²) >= 11 is 0. The van der Waals surface area contributed by atoms with Crippen LogP contribution in [0.1, 0.15) is 11.3 Å². The summed E-state index contributed by atoms with van der Waals surface area (Å²) in [4.78, 5) is 0.111. The topological polar surface area (TPSA) is 108 Å². The Kier molecular flexibility index (Phi) is 6.76. The van der Waals surface area contributed by atoms with Crippen molar-refractivity contribution in [3.63, 3.8) is 0 Å². The fourth-order valence-electron chi connectivity index (χ4n) is 2.92. The van der Waals surface area contributed by atoms with Gasteiger partial charge in [-0.15, -0.1) is 0 Å². The molecule has 0 bridgehead atoms. The van der Waals surface area contributed by atoms with Crippen molar-refractivity contribution in [2.24, 2.45) is 0 Å². The Balaban J connectivity index is 2.08. The monoisotopic (exact) mass is 431 g/mol. The van der Waals surface area contributed by atoms with Gasteiger partial charge in [0, 0.05) is 23.9 Å². The Morgan fingerprint density at radius 1 is 1.10 bits per heavy atom. The number of methoxy groups -OCH3 is 1. The minimum Gasteiger partial charge on any atom is -0.399 e. The molecule has 0 saturated carbocycles. The van der Waals surface area contributed by atoms with Gasteiger partial charge in [0.25, 0.3) is 10.0 Å². The van der Waals surface area contributed by atoms with E-state index in [9.17, 15) is 8.42 Å². The van der Waals surface area contributed by atoms with Crippen molar-refractivity contribution < 1.29 is 22.4 Å². The van der Waals surface area contributed by atoms with Gasteiger partial charge < -0.3 is 19.7 Å². The van der Waals surface area contributed by atoms with Crippen molar-refractivity contribution in [1.29, 1.82) is 0 Å². The molecule has 2 N–H and O–H groups in total. The molecule has 0 radical (unpaired) electrons. The van der Waals surface area contributed by atoms with Gasteiger partial charge in [0.15, 0.2) is 0 Å². The van der Waals surface area contributed by atoms with Crippen LogP contribution >= 0.6 is 0 Å². The van der Waals surface area contributed by atoms with E-state index in [0.29, 0.717) is 34.7 Å². The molecule has 30 heavy (non-hydrogen) atoms. The number of sulfonamides is 1. The Bertz CT molecular complexity index is 1110. The van der Waals surface area contributed by atoms with Gasteiger partial charge in [0.1, 0.15) is 6.73 Å². The minimum absolute atomic E-state index is 0.111. The van der Waals surface area contributed by atoms with E-state index in [4.69, 9.17) is 19.7 Å². The lowest BCUT2D eigenvalue weighted by atomic mass is 10.1. The van der Waals surface area contributed by atoms with Crippen molar-refractivity contribution in [2.45, 2.75) is 18.7 Å². The molecular formula is C21H25N3O5S. The fourth-order valence-corrected chi connectivity index (χ4v) is 4.47. The molecular weight excluding hydrogens is 406 g/mol. The molecule has 2 aromatic carbocycles. The number of rotatable bonds is 9. The molecule has 0 unspecified atom stereocenters. The molecule has 160 valence electrons. The lowest BCUT2D eigenvalue weighted by Crippen LogP contribution is -2.34. The molecule has 0 saturated heterocycles. The van der Waals surface area contributed by atoms with Crippen LogP contribution in [-0.2, 0) is 19.5 Å². The highest BCUT2D eigenvalue weighted by Gasteiger charge is 2.32. The third-order valence-electron chi connectivity index (χ3n) is 4.65. The van der Waals surface area contributed by atoms with E-state index in [1.54, 1.807) is 63.4 Å². The lowest BCUT2D eigenvalue weighted by Gasteiger charge is -2.23. The zero-order chi connectivity index (χ0) is 21.7. The second kappa shape index (κ2) is 9.29. The first kappa shape index (κ1) is 21.8. The van der Waals surface area contributed by atoms with E-state index in [1.807, 2.05) is 6.07 Å². The van der Waals surface area contributed by atoms with Crippen molar-refractivity contribution in [3.8, 4) is 11.1 Å². The number of aromatic nitrogens is 1. The molecule has 0 aliphatic heterocycles. The summed E-state index contributed by atoms with van der Waals surface area (Å²) < 4.78 is 44.4. The van der Waals surface area contributed by atoms with Crippen LogP contribution in [0, 0.1) is 13.8 Å². The Labute approximate surface area is 176 Å². The standard InChI is InChI=1S/C21H25N3O5S/c1-15-16(2)23-29-21(15)24(14-28-12-11-27-3)30(25,26)20-10-5-4-9-19(20)17-7-6-8-18(22)13-17/h4-10,13H,11-12,14,22H2,1-3H3. The summed E-state index contributed by atoms with van der Waals surface area (Å²) in [6.45, 7) is 3.82. The Hall–Kier alpha value is -2.88. The minimum atomic E-state index is -4.05. The number of benzene rings is 2. The number of nitrogens with two attached hydrogens (primary N) is 1. The van der Waals surface area contributed by atoms with Gasteiger partial charge in [-0.3, -0.25) is 0 Å². The van der Waals surface area contributed by atoms with Gasteiger partial charge in [-0.2, -0.15) is 0 Å². The number of ether oxygens (including phenoxy) is 2. The normalized spacial score (nSPS) is 11.6. The number of nitrogen functional groups attached to an aromatic ring is 1. The molecule has 3 aromatic rings. The Morgan fingerprint density at radius 3 is 2.53 bits per heavy atom. The number of hydrogen-bond acceptors (Lipinski definition) is 7. The maximum absolute atomic E-state index is 13.7. The van der Waals surface area contributed by atoms with E-state index in [0.717, 1.165) is 4.31 Å². The van der Waals surface area contributed by atoms with Crippen LogP contribution in [0.3, 0.4) is 0 Å². The van der Waals surface area contributed by atoms with Crippen LogP contribution in [0.4, 0.5) is 11.6 Å². The molecule has 8 nitrogen and oxygen atoms in total. The van der Waals surface area contributed by atoms with Gasteiger partial charge in [0.05, 0.1) is 23.8 Å². The van der Waals surface area contributed by atoms with Gasteiger partial charge in [-0.1, -0.05) is 35.5 Å². The highest BCUT2D eigenvalue weighted by Crippen LogP contribution is 2.34. The predicted octanol–water partition coefficient (Wildman–Crippen LogP) is 3.36. The summed E-state index contributed by atoms with van der Waals surface area (Å²) in [5.74, 6) is 0.118. The van der Waals surface area contributed by atoms with Gasteiger partial charge in [-0.05, 0) is 37.6 Å². The van der Waals surface area contributed by atoms with Crippen molar-refractivity contribution in [3.05, 3.63) is 59.8 Å². The largest absolute Gasteiger partial charge is 0.399 e. The first-order valence-corrected chi connectivity index (χ1v) is 10.8. The second-order valence-corrected chi connectivity index (χ2v) is 8.53. The molecule has 0 aliphatic rings. The summed E-state index contributed by atoms with van der Waals surface area (Å²) in [7, 11) is -2.50. The smallest absolute Gasteiger partial charge is 0.269 e. The zero-order valence-electron chi connectivity index (χ0n) is 17.2. The van der Waals surface area contributed by atoms with Crippen LogP contribution in [0.15, 0.2) is 57.9 Å². The Morgan fingerprint density at radius 2 is 1.87 bits per heavy atom. The van der Waals surface area contributed by atoms with Crippen LogP contribution < -0.4 is 10.0 Å². The third-order valence-corrected chi connectivity index (χ3v) is 6.42. The summed E-state index contributed by atoms with van der Waals surface area (Å²) in [5.41, 5.74) is 8.90. The van der Waals surface area contributed by atoms with Crippen LogP contribution in [0.2, 0.25) is 0 Å². The van der Waals surface area contributed by atoms with Crippen LogP contribution in [0.5, 0.6) is 0 Å². The SMILES string of the molecule is COCCOCN(c1onc(C)c1C)S(=O)(=O)c1ccccc1-c1cccc(N)c1. The highest BCUT2D eigenvalue weighted by molar-refractivity contribution is 7.93. The molecule has 0 atom stereocenters. The number of aryl methyl sites for hydroxylation is 1. The number of hydrogen-bond donors (Lipinski definition) is 1. The van der Waals surface area contributed by atoms with E-state index in [-0.39, 0.29) is 24.1 Å². The van der Waals surface area contributed by atoms with Gasteiger partial charge in [-0.25, -0.2) is 12.7 Å². The molecule has 9 heteroatoms. The summed E-state index contributed by atoms with van der Waals surface area (Å²) in [6.07, 6.45) is 0. The molecule has 1 heterocycles. The second-order valence-electron chi connectivity index (χ2n) is 6.70. The molecule has 0 fully saturated rings. The summed E-state index contributed by atoms with van der Waals surface area (Å²) in [6, 6.07) is 13.8. The predicted molar refractivity (Wildman–Crippen MR) is 115 cm³/mol. The average molecular weight is 432 g/mol. The maximum atomic E-state index is 13.7. The van der Waals surface area contributed by atoms with Crippen molar-refractivity contribution >= 4 is 21.6 Å². The first-order valence-electron chi connectivity index (χ1n) is 9.33. The third kappa shape index (κ3) is 4.48. The lowest BCUT2D eigenvalue weighted by molar-refractivity contribution is 0.0744. The molecule has 1 aromatic heterocycles. The van der Waals surface area contributed by atoms with Crippen LogP contribution in [0.25, 0.3) is 11.1 Å². The van der Waals surface area contributed by atoms with E-state index in [2.05, 4.69) is 5.16 Å². The number of nitrogens with zero attached hydrogens (tertiary/aromatic N) is 2. The molecule has 3 rings (SSSR count). The van der Waals surface area contributed by atoms with Gasteiger partial charge in [0.2, 0.25) is 5.88 Å². The highest BCUT2D eigenvalue weighted by atomic mass is 32.2. The van der Waals surface area contributed by atoms with E-state index >= 15 is 0 Å². The van der Waals surface area contributed by atoms with Crippen LogP contribution in [-0.4, -0.2) is 40.6 Å². The van der Waals surface area contributed by atoms with Crippen molar-refractivity contribution in [1.82, 2.24) is 5.16 Å². The number of anilines is 2. The maximum Gasteiger partial charge on any atom is 0.269 e. The molecule has 0 amide bonds. The van der Waals surface area contributed by atoms with E-state index < -0.39 is 10.0 Å². The van der Waals surface area contributed by atoms with E-state index in [1.165, 1.54) is 0 Å². The van der Waals surface area contributed by atoms with Crippen molar-refractivity contribution in [2.75, 3.05) is 37.1 Å². The quantitative estimate of drug-likeness (QED) is 0.314. The molecule has 0 spiro atoms. The summed E-state index contributed by atoms with van der Waals surface area (Å²) in [5, 5.41) is 3.90. The van der Waals surface area contributed by atoms with Gasteiger partial charge >= 0.3 is 0 Å². The molecule has 0 aliphatic carbocycles. The average Bonchev–Trinajstić information content (AvgIpc) is 3.06.